The van der Waals surface area contributed by atoms with E-state index >= 15 is 0 Å². The summed E-state index contributed by atoms with van der Waals surface area (Å²) in [5.41, 5.74) is 1.27. The summed E-state index contributed by atoms with van der Waals surface area (Å²) >= 11 is 5.96. The lowest BCUT2D eigenvalue weighted by Gasteiger charge is -2.12. The second-order valence-electron chi connectivity index (χ2n) is 6.59. The highest BCUT2D eigenvalue weighted by atomic mass is 35.5. The van der Waals surface area contributed by atoms with Crippen LogP contribution < -0.4 is 5.32 Å². The van der Waals surface area contributed by atoms with Crippen LogP contribution in [0.4, 0.5) is 18.9 Å². The van der Waals surface area contributed by atoms with Crippen molar-refractivity contribution in [2.45, 2.75) is 12.6 Å². The van der Waals surface area contributed by atoms with E-state index in [9.17, 15) is 18.0 Å². The van der Waals surface area contributed by atoms with E-state index in [0.29, 0.717) is 33.3 Å². The molecule has 0 saturated heterocycles. The molecule has 30 heavy (non-hydrogen) atoms. The Hall–Kier alpha value is -3.32. The SMILES string of the molecule is O=C(Cc1ccccc1C(F)(F)F)Nc1cccc(-c2nc3cc(Cl)ccc3o2)c1. The van der Waals surface area contributed by atoms with Gasteiger partial charge in [-0.3, -0.25) is 4.79 Å². The van der Waals surface area contributed by atoms with Crippen molar-refractivity contribution in [1.82, 2.24) is 4.98 Å². The minimum absolute atomic E-state index is 0.0884. The van der Waals surface area contributed by atoms with E-state index in [1.807, 2.05) is 0 Å². The predicted molar refractivity (Wildman–Crippen MR) is 108 cm³/mol. The summed E-state index contributed by atoms with van der Waals surface area (Å²) in [6.07, 6.45) is -4.92. The molecule has 4 nitrogen and oxygen atoms in total. The molecule has 0 unspecified atom stereocenters. The van der Waals surface area contributed by atoms with Crippen LogP contribution in [0.5, 0.6) is 0 Å². The molecule has 0 aliphatic carbocycles. The first-order valence-electron chi connectivity index (χ1n) is 8.91. The maximum atomic E-state index is 13.1. The Balaban J connectivity index is 1.54. The van der Waals surface area contributed by atoms with Crippen LogP contribution in [0.2, 0.25) is 5.02 Å². The fourth-order valence-electron chi connectivity index (χ4n) is 3.08. The van der Waals surface area contributed by atoms with Crippen molar-refractivity contribution in [3.8, 4) is 11.5 Å². The number of benzene rings is 3. The summed E-state index contributed by atoms with van der Waals surface area (Å²) < 4.78 is 45.1. The molecule has 0 fully saturated rings. The number of hydrogen-bond donors (Lipinski definition) is 1. The van der Waals surface area contributed by atoms with Gasteiger partial charge in [-0.2, -0.15) is 13.2 Å². The van der Waals surface area contributed by atoms with Crippen molar-refractivity contribution in [3.63, 3.8) is 0 Å². The number of fused-ring (bicyclic) bond motifs is 1. The van der Waals surface area contributed by atoms with Gasteiger partial charge in [0.25, 0.3) is 0 Å². The molecule has 4 rings (SSSR count). The number of carbonyl (C=O) groups excluding carboxylic acids is 1. The molecule has 0 bridgehead atoms. The average Bonchev–Trinajstić information content (AvgIpc) is 3.11. The summed E-state index contributed by atoms with van der Waals surface area (Å²) in [4.78, 5) is 16.7. The second kappa shape index (κ2) is 7.84. The molecule has 152 valence electrons. The zero-order valence-corrected chi connectivity index (χ0v) is 16.1. The van der Waals surface area contributed by atoms with Crippen molar-refractivity contribution in [3.05, 3.63) is 82.9 Å². The van der Waals surface area contributed by atoms with Crippen LogP contribution in [-0.4, -0.2) is 10.9 Å². The highest BCUT2D eigenvalue weighted by molar-refractivity contribution is 6.31. The minimum Gasteiger partial charge on any atom is -0.436 e. The van der Waals surface area contributed by atoms with Crippen molar-refractivity contribution < 1.29 is 22.4 Å². The highest BCUT2D eigenvalue weighted by Gasteiger charge is 2.33. The highest BCUT2D eigenvalue weighted by Crippen LogP contribution is 2.32. The molecule has 8 heteroatoms. The fraction of sp³-hybridized carbons (Fsp3) is 0.0909. The summed E-state index contributed by atoms with van der Waals surface area (Å²) in [7, 11) is 0. The summed E-state index contributed by atoms with van der Waals surface area (Å²) in [6.45, 7) is 0. The molecular formula is C22H14ClF3N2O2. The zero-order chi connectivity index (χ0) is 21.3. The van der Waals surface area contributed by atoms with Gasteiger partial charge in [0, 0.05) is 16.3 Å². The lowest BCUT2D eigenvalue weighted by molar-refractivity contribution is -0.138. The van der Waals surface area contributed by atoms with E-state index < -0.39 is 24.1 Å². The number of rotatable bonds is 4. The van der Waals surface area contributed by atoms with Gasteiger partial charge in [-0.15, -0.1) is 0 Å². The van der Waals surface area contributed by atoms with Gasteiger partial charge in [0.15, 0.2) is 5.58 Å². The molecule has 1 heterocycles. The zero-order valence-electron chi connectivity index (χ0n) is 15.3. The van der Waals surface area contributed by atoms with Crippen molar-refractivity contribution in [1.29, 1.82) is 0 Å². The van der Waals surface area contributed by atoms with Gasteiger partial charge in [0.05, 0.1) is 12.0 Å². The average molecular weight is 431 g/mol. The van der Waals surface area contributed by atoms with Gasteiger partial charge in [-0.25, -0.2) is 4.98 Å². The number of carbonyl (C=O) groups is 1. The van der Waals surface area contributed by atoms with Gasteiger partial charge < -0.3 is 9.73 Å². The molecule has 0 aliphatic rings. The quantitative estimate of drug-likeness (QED) is 0.410. The normalized spacial score (nSPS) is 11.6. The molecule has 0 atom stereocenters. The Labute approximate surface area is 174 Å². The third-order valence-electron chi connectivity index (χ3n) is 4.42. The Morgan fingerprint density at radius 3 is 2.63 bits per heavy atom. The monoisotopic (exact) mass is 430 g/mol. The van der Waals surface area contributed by atoms with Gasteiger partial charge in [-0.1, -0.05) is 35.9 Å². The van der Waals surface area contributed by atoms with E-state index in [2.05, 4.69) is 10.3 Å². The number of alkyl halides is 3. The predicted octanol–water partition coefficient (Wildman–Crippen LogP) is 6.35. The standard InChI is InChI=1S/C22H14ClF3N2O2/c23-15-8-9-19-18(12-15)28-21(30-19)14-5-3-6-16(10-14)27-20(29)11-13-4-1-2-7-17(13)22(24,25)26/h1-10,12H,11H2,(H,27,29). The van der Waals surface area contributed by atoms with Gasteiger partial charge in [0.2, 0.25) is 11.8 Å². The minimum atomic E-state index is -4.52. The van der Waals surface area contributed by atoms with E-state index in [4.69, 9.17) is 16.0 Å². The number of halogens is 4. The number of aromatic nitrogens is 1. The maximum absolute atomic E-state index is 13.1. The molecule has 1 N–H and O–H groups in total. The largest absolute Gasteiger partial charge is 0.436 e. The van der Waals surface area contributed by atoms with Crippen LogP contribution in [0, 0.1) is 0 Å². The van der Waals surface area contributed by atoms with E-state index in [1.165, 1.54) is 18.2 Å². The molecular weight excluding hydrogens is 417 g/mol. The van der Waals surface area contributed by atoms with Crippen LogP contribution in [0.3, 0.4) is 0 Å². The third kappa shape index (κ3) is 4.31. The first kappa shape index (κ1) is 20.0. The smallest absolute Gasteiger partial charge is 0.416 e. The summed E-state index contributed by atoms with van der Waals surface area (Å²) in [5.74, 6) is -0.223. The first-order chi connectivity index (χ1) is 14.3. The van der Waals surface area contributed by atoms with Gasteiger partial charge in [-0.05, 0) is 48.0 Å². The molecule has 0 saturated carbocycles. The van der Waals surface area contributed by atoms with Crippen molar-refractivity contribution >= 4 is 34.3 Å². The topological polar surface area (TPSA) is 55.1 Å². The third-order valence-corrected chi connectivity index (χ3v) is 4.65. The molecule has 4 aromatic rings. The van der Waals surface area contributed by atoms with Gasteiger partial charge in [0.1, 0.15) is 5.52 Å². The molecule has 1 aromatic heterocycles. The van der Waals surface area contributed by atoms with Crippen LogP contribution >= 0.6 is 11.6 Å². The lowest BCUT2D eigenvalue weighted by Crippen LogP contribution is -2.17. The van der Waals surface area contributed by atoms with Crippen LogP contribution in [0.1, 0.15) is 11.1 Å². The second-order valence-corrected chi connectivity index (χ2v) is 7.03. The Kier molecular flexibility index (Phi) is 5.22. The van der Waals surface area contributed by atoms with Crippen LogP contribution in [0.25, 0.3) is 22.6 Å². The molecule has 0 radical (unpaired) electrons. The Bertz CT molecular complexity index is 1230. The number of anilines is 1. The number of nitrogens with one attached hydrogen (secondary N) is 1. The number of oxazole rings is 1. The van der Waals surface area contributed by atoms with Crippen LogP contribution in [0.15, 0.2) is 71.1 Å². The van der Waals surface area contributed by atoms with Crippen molar-refractivity contribution in [2.24, 2.45) is 0 Å². The fourth-order valence-corrected chi connectivity index (χ4v) is 3.25. The number of hydrogen-bond acceptors (Lipinski definition) is 3. The van der Waals surface area contributed by atoms with Gasteiger partial charge >= 0.3 is 6.18 Å². The molecule has 0 spiro atoms. The van der Waals surface area contributed by atoms with E-state index in [0.717, 1.165) is 6.07 Å². The first-order valence-corrected chi connectivity index (χ1v) is 9.29. The van der Waals surface area contributed by atoms with Crippen molar-refractivity contribution in [2.75, 3.05) is 5.32 Å². The van der Waals surface area contributed by atoms with Crippen LogP contribution in [-0.2, 0) is 17.4 Å². The Morgan fingerprint density at radius 1 is 1.03 bits per heavy atom. The number of nitrogens with zero attached hydrogens (tertiary/aromatic N) is 1. The molecule has 3 aromatic carbocycles. The van der Waals surface area contributed by atoms with E-state index in [1.54, 1.807) is 42.5 Å². The Morgan fingerprint density at radius 2 is 1.83 bits per heavy atom. The maximum Gasteiger partial charge on any atom is 0.416 e. The lowest BCUT2D eigenvalue weighted by atomic mass is 10.0. The molecule has 0 aliphatic heterocycles. The van der Waals surface area contributed by atoms with E-state index in [-0.39, 0.29) is 5.56 Å². The number of amides is 1. The summed E-state index contributed by atoms with van der Waals surface area (Å²) in [5, 5.41) is 3.16. The molecule has 1 amide bonds. The summed E-state index contributed by atoms with van der Waals surface area (Å²) in [6, 6.07) is 16.8.